The lowest BCUT2D eigenvalue weighted by Gasteiger charge is -2.29. The number of carboxylic acids is 1. The highest BCUT2D eigenvalue weighted by atomic mass is 32.2. The minimum absolute atomic E-state index is 0.158. The van der Waals surface area contributed by atoms with Crippen LogP contribution in [0.1, 0.15) is 12.8 Å². The first kappa shape index (κ1) is 14.5. The molecule has 0 aliphatic carbocycles. The lowest BCUT2D eigenvalue weighted by Crippen LogP contribution is -2.48. The van der Waals surface area contributed by atoms with Crippen molar-refractivity contribution >= 4 is 23.8 Å². The second kappa shape index (κ2) is 6.47. The summed E-state index contributed by atoms with van der Waals surface area (Å²) < 4.78 is 5.20. The molecular weight excluding hydrogens is 268 g/mol. The Labute approximate surface area is 117 Å². The van der Waals surface area contributed by atoms with Gasteiger partial charge in [0.15, 0.2) is 0 Å². The summed E-state index contributed by atoms with van der Waals surface area (Å²) in [6, 6.07) is -0.914. The van der Waals surface area contributed by atoms with E-state index in [1.165, 1.54) is 4.90 Å². The van der Waals surface area contributed by atoms with Crippen molar-refractivity contribution in [2.24, 2.45) is 0 Å². The Bertz CT molecular complexity index is 345. The van der Waals surface area contributed by atoms with Crippen LogP contribution >= 0.6 is 11.8 Å². The van der Waals surface area contributed by atoms with Crippen molar-refractivity contribution in [1.82, 2.24) is 9.80 Å². The Morgan fingerprint density at radius 1 is 1.32 bits per heavy atom. The van der Waals surface area contributed by atoms with Crippen LogP contribution in [0.4, 0.5) is 4.79 Å². The van der Waals surface area contributed by atoms with E-state index in [4.69, 9.17) is 4.74 Å². The van der Waals surface area contributed by atoms with Crippen LogP contribution in [0, 0.1) is 0 Å². The summed E-state index contributed by atoms with van der Waals surface area (Å²) >= 11 is 1.84. The predicted molar refractivity (Wildman–Crippen MR) is 72.5 cm³/mol. The molecule has 2 fully saturated rings. The van der Waals surface area contributed by atoms with Gasteiger partial charge in [0, 0.05) is 38.9 Å². The number of thioether (sulfide) groups is 1. The average molecular weight is 288 g/mol. The maximum atomic E-state index is 12.5. The molecule has 0 bridgehead atoms. The van der Waals surface area contributed by atoms with Crippen molar-refractivity contribution in [3.8, 4) is 0 Å². The second-order valence-corrected chi connectivity index (χ2v) is 6.06. The number of urea groups is 1. The van der Waals surface area contributed by atoms with E-state index in [1.54, 1.807) is 12.0 Å². The van der Waals surface area contributed by atoms with Gasteiger partial charge < -0.3 is 19.6 Å². The van der Waals surface area contributed by atoms with Crippen LogP contribution in [-0.4, -0.2) is 77.3 Å². The first-order valence-electron chi connectivity index (χ1n) is 6.52. The highest BCUT2D eigenvalue weighted by Gasteiger charge is 2.41. The van der Waals surface area contributed by atoms with E-state index >= 15 is 0 Å². The molecule has 2 heterocycles. The smallest absolute Gasteiger partial charge is 0.326 e. The van der Waals surface area contributed by atoms with Crippen molar-refractivity contribution in [3.05, 3.63) is 0 Å². The number of carbonyl (C=O) groups is 2. The molecule has 2 saturated heterocycles. The molecule has 2 amide bonds. The van der Waals surface area contributed by atoms with Gasteiger partial charge in [-0.2, -0.15) is 11.8 Å². The molecule has 1 N–H and O–H groups in total. The van der Waals surface area contributed by atoms with Gasteiger partial charge in [-0.15, -0.1) is 0 Å². The first-order chi connectivity index (χ1) is 9.13. The van der Waals surface area contributed by atoms with E-state index in [9.17, 15) is 14.7 Å². The number of ether oxygens (including phenoxy) is 1. The molecule has 2 rings (SSSR count). The monoisotopic (exact) mass is 288 g/mol. The largest absolute Gasteiger partial charge is 0.480 e. The van der Waals surface area contributed by atoms with Crippen LogP contribution in [-0.2, 0) is 9.53 Å². The van der Waals surface area contributed by atoms with Gasteiger partial charge in [-0.3, -0.25) is 0 Å². The van der Waals surface area contributed by atoms with Gasteiger partial charge >= 0.3 is 12.0 Å². The van der Waals surface area contributed by atoms with Crippen molar-refractivity contribution in [3.63, 3.8) is 0 Å². The summed E-state index contributed by atoms with van der Waals surface area (Å²) in [6.07, 6.45) is 1.17. The van der Waals surface area contributed by atoms with Gasteiger partial charge in [-0.1, -0.05) is 0 Å². The van der Waals surface area contributed by atoms with Gasteiger partial charge in [-0.05, 0) is 12.2 Å². The summed E-state index contributed by atoms with van der Waals surface area (Å²) in [4.78, 5) is 26.9. The van der Waals surface area contributed by atoms with Crippen molar-refractivity contribution in [2.75, 3.05) is 38.2 Å². The van der Waals surface area contributed by atoms with Crippen molar-refractivity contribution < 1.29 is 19.4 Å². The molecule has 0 aromatic carbocycles. The van der Waals surface area contributed by atoms with Crippen LogP contribution in [0.3, 0.4) is 0 Å². The molecule has 2 aliphatic heterocycles. The molecule has 2 atom stereocenters. The van der Waals surface area contributed by atoms with Gasteiger partial charge in [0.05, 0.1) is 6.10 Å². The van der Waals surface area contributed by atoms with E-state index in [0.717, 1.165) is 17.9 Å². The van der Waals surface area contributed by atoms with Crippen LogP contribution < -0.4 is 0 Å². The maximum absolute atomic E-state index is 12.5. The summed E-state index contributed by atoms with van der Waals surface area (Å²) in [7, 11) is 1.56. The van der Waals surface area contributed by atoms with Crippen LogP contribution in [0.5, 0.6) is 0 Å². The van der Waals surface area contributed by atoms with Gasteiger partial charge in [-0.25, -0.2) is 9.59 Å². The molecule has 108 valence electrons. The number of methoxy groups -OCH3 is 1. The van der Waals surface area contributed by atoms with E-state index in [-0.39, 0.29) is 12.1 Å². The average Bonchev–Trinajstić information content (AvgIpc) is 2.65. The zero-order chi connectivity index (χ0) is 13.8. The fourth-order valence-electron chi connectivity index (χ4n) is 2.53. The summed E-state index contributed by atoms with van der Waals surface area (Å²) in [6.45, 7) is 1.78. The van der Waals surface area contributed by atoms with E-state index in [2.05, 4.69) is 0 Å². The quantitative estimate of drug-likeness (QED) is 0.811. The third-order valence-corrected chi connectivity index (χ3v) is 4.67. The number of aliphatic carboxylic acids is 1. The van der Waals surface area contributed by atoms with Crippen LogP contribution in [0.2, 0.25) is 0 Å². The number of rotatable bonds is 2. The zero-order valence-corrected chi connectivity index (χ0v) is 11.9. The molecular formula is C12H20N2O4S. The van der Waals surface area contributed by atoms with E-state index in [1.807, 2.05) is 11.8 Å². The SMILES string of the molecule is COC1CC(C(=O)O)N(C(=O)N2CCCSCC2)C1. The summed E-state index contributed by atoms with van der Waals surface area (Å²) in [5.41, 5.74) is 0. The highest BCUT2D eigenvalue weighted by molar-refractivity contribution is 7.99. The molecule has 0 aromatic heterocycles. The maximum Gasteiger partial charge on any atom is 0.326 e. The van der Waals surface area contributed by atoms with Gasteiger partial charge in [0.1, 0.15) is 6.04 Å². The fourth-order valence-corrected chi connectivity index (χ4v) is 3.42. The molecule has 0 saturated carbocycles. The van der Waals surface area contributed by atoms with Gasteiger partial charge in [0.2, 0.25) is 0 Å². The number of nitrogens with zero attached hydrogens (tertiary/aromatic N) is 2. The lowest BCUT2D eigenvalue weighted by molar-refractivity contribution is -0.141. The normalized spacial score (nSPS) is 28.3. The molecule has 19 heavy (non-hydrogen) atoms. The first-order valence-corrected chi connectivity index (χ1v) is 7.68. The third kappa shape index (κ3) is 3.33. The second-order valence-electron chi connectivity index (χ2n) is 4.84. The molecule has 0 aromatic rings. The number of hydrogen-bond donors (Lipinski definition) is 1. The Morgan fingerprint density at radius 3 is 2.79 bits per heavy atom. The number of carboxylic acid groups (broad SMARTS) is 1. The summed E-state index contributed by atoms with van der Waals surface area (Å²) in [5.74, 6) is 1.04. The Morgan fingerprint density at radius 2 is 2.11 bits per heavy atom. The minimum Gasteiger partial charge on any atom is -0.480 e. The van der Waals surface area contributed by atoms with Gasteiger partial charge in [0.25, 0.3) is 0 Å². The molecule has 6 nitrogen and oxygen atoms in total. The Hall–Kier alpha value is -0.950. The van der Waals surface area contributed by atoms with Crippen LogP contribution in [0.15, 0.2) is 0 Å². The van der Waals surface area contributed by atoms with Crippen molar-refractivity contribution in [1.29, 1.82) is 0 Å². The van der Waals surface area contributed by atoms with Crippen molar-refractivity contribution in [2.45, 2.75) is 25.0 Å². The predicted octanol–water partition coefficient (Wildman–Crippen LogP) is 0.719. The third-order valence-electron chi connectivity index (χ3n) is 3.62. The highest BCUT2D eigenvalue weighted by Crippen LogP contribution is 2.23. The number of likely N-dealkylation sites (tertiary alicyclic amines) is 1. The number of hydrogen-bond acceptors (Lipinski definition) is 4. The minimum atomic E-state index is -0.947. The van der Waals surface area contributed by atoms with E-state index < -0.39 is 12.0 Å². The number of amides is 2. The Balaban J connectivity index is 2.05. The van der Waals surface area contributed by atoms with Crippen LogP contribution in [0.25, 0.3) is 0 Å². The number of carbonyl (C=O) groups excluding carboxylic acids is 1. The fraction of sp³-hybridized carbons (Fsp3) is 0.833. The zero-order valence-electron chi connectivity index (χ0n) is 11.1. The topological polar surface area (TPSA) is 70.1 Å². The molecule has 2 aliphatic rings. The van der Waals surface area contributed by atoms with E-state index in [0.29, 0.717) is 26.1 Å². The summed E-state index contributed by atoms with van der Waals surface area (Å²) in [5, 5.41) is 9.23. The molecule has 2 unspecified atom stereocenters. The molecule has 7 heteroatoms. The lowest BCUT2D eigenvalue weighted by atomic mass is 10.2. The molecule has 0 radical (unpaired) electrons. The standard InChI is InChI=1S/C12H20N2O4S/c1-18-9-7-10(11(15)16)14(8-9)12(17)13-3-2-5-19-6-4-13/h9-10H,2-8H2,1H3,(H,15,16). The Kier molecular flexibility index (Phi) is 4.93. The molecule has 0 spiro atoms.